The highest BCUT2D eigenvalue weighted by Gasteiger charge is 2.13. The van der Waals surface area contributed by atoms with E-state index in [1.54, 1.807) is 13.0 Å². The summed E-state index contributed by atoms with van der Waals surface area (Å²) in [5.41, 5.74) is 0.800. The topological polar surface area (TPSA) is 64.4 Å². The Hall–Kier alpha value is -1.89. The largest absolute Gasteiger partial charge is 0.461 e. The lowest BCUT2D eigenvalue weighted by Crippen LogP contribution is -2.06. The van der Waals surface area contributed by atoms with Crippen LogP contribution in [0.25, 0.3) is 0 Å². The fraction of sp³-hybridized carbons (Fsp3) is 0.231. The van der Waals surface area contributed by atoms with Crippen molar-refractivity contribution in [3.8, 4) is 0 Å². The summed E-state index contributed by atoms with van der Waals surface area (Å²) < 4.78 is 23.8. The van der Waals surface area contributed by atoms with Gasteiger partial charge in [-0.05, 0) is 30.7 Å². The molecule has 20 heavy (non-hydrogen) atoms. The molecule has 2 aromatic rings. The first kappa shape index (κ1) is 14.5. The van der Waals surface area contributed by atoms with Gasteiger partial charge < -0.3 is 14.5 Å². The quantitative estimate of drug-likeness (QED) is 0.844. The van der Waals surface area contributed by atoms with Gasteiger partial charge >= 0.3 is 5.97 Å². The monoisotopic (exact) mass is 342 g/mol. The predicted octanol–water partition coefficient (Wildman–Crippen LogP) is 3.37. The molecule has 0 spiro atoms. The summed E-state index contributed by atoms with van der Waals surface area (Å²) in [5.74, 6) is -0.874. The van der Waals surface area contributed by atoms with Gasteiger partial charge in [-0.15, -0.1) is 0 Å². The molecule has 7 heteroatoms. The van der Waals surface area contributed by atoms with E-state index >= 15 is 0 Å². The molecule has 1 aromatic carbocycles. The van der Waals surface area contributed by atoms with Crippen molar-refractivity contribution >= 4 is 27.9 Å². The van der Waals surface area contributed by atoms with Crippen molar-refractivity contribution in [2.75, 3.05) is 11.9 Å². The number of carbonyl (C=O) groups is 1. The maximum Gasteiger partial charge on any atom is 0.360 e. The second-order valence-electron chi connectivity index (χ2n) is 3.85. The Morgan fingerprint density at radius 3 is 3.10 bits per heavy atom. The summed E-state index contributed by atoms with van der Waals surface area (Å²) in [7, 11) is 0. The number of esters is 1. The van der Waals surface area contributed by atoms with Gasteiger partial charge in [-0.25, -0.2) is 9.18 Å². The highest BCUT2D eigenvalue weighted by molar-refractivity contribution is 9.10. The molecule has 0 radical (unpaired) electrons. The number of nitrogens with zero attached hydrogens (tertiary/aromatic N) is 1. The average molecular weight is 343 g/mol. The Kier molecular flexibility index (Phi) is 4.73. The van der Waals surface area contributed by atoms with Crippen LogP contribution in [0.5, 0.6) is 0 Å². The van der Waals surface area contributed by atoms with Crippen molar-refractivity contribution in [1.82, 2.24) is 4.98 Å². The molecular weight excluding hydrogens is 331 g/mol. The minimum absolute atomic E-state index is 0.0904. The maximum atomic E-state index is 13.1. The van der Waals surface area contributed by atoms with Crippen LogP contribution in [0.2, 0.25) is 0 Å². The summed E-state index contributed by atoms with van der Waals surface area (Å²) in [6, 6.07) is 4.54. The van der Waals surface area contributed by atoms with Crippen molar-refractivity contribution in [2.24, 2.45) is 0 Å². The predicted molar refractivity (Wildman–Crippen MR) is 73.9 cm³/mol. The first-order valence-corrected chi connectivity index (χ1v) is 6.70. The fourth-order valence-electron chi connectivity index (χ4n) is 1.50. The average Bonchev–Trinajstić information content (AvgIpc) is 2.89. The van der Waals surface area contributed by atoms with E-state index in [-0.39, 0.29) is 24.1 Å². The molecular formula is C13H12BrFN2O3. The van der Waals surface area contributed by atoms with Crippen LogP contribution in [0.4, 0.5) is 10.4 Å². The number of nitrogens with one attached hydrogen (secondary N) is 1. The summed E-state index contributed by atoms with van der Waals surface area (Å²) in [6.45, 7) is 2.28. The number of ether oxygens (including phenoxy) is 1. The number of rotatable bonds is 5. The van der Waals surface area contributed by atoms with Crippen LogP contribution in [0, 0.1) is 5.82 Å². The van der Waals surface area contributed by atoms with Gasteiger partial charge in [0.05, 0.1) is 6.61 Å². The van der Waals surface area contributed by atoms with Crippen molar-refractivity contribution in [3.05, 3.63) is 46.0 Å². The number of halogens is 2. The molecule has 5 nitrogen and oxygen atoms in total. The van der Waals surface area contributed by atoms with Crippen molar-refractivity contribution in [3.63, 3.8) is 0 Å². The smallest absolute Gasteiger partial charge is 0.360 e. The van der Waals surface area contributed by atoms with E-state index < -0.39 is 5.97 Å². The first-order chi connectivity index (χ1) is 9.60. The molecule has 2 rings (SSSR count). The number of carbonyl (C=O) groups excluding carboxylic acids is 1. The summed E-state index contributed by atoms with van der Waals surface area (Å²) >= 11 is 3.32. The number of aromatic nitrogens is 1. The van der Waals surface area contributed by atoms with Crippen LogP contribution in [0.15, 0.2) is 33.4 Å². The molecule has 0 aliphatic carbocycles. The Bertz CT molecular complexity index is 615. The highest BCUT2D eigenvalue weighted by Crippen LogP contribution is 2.19. The second-order valence-corrected chi connectivity index (χ2v) is 4.70. The van der Waals surface area contributed by atoms with E-state index in [1.165, 1.54) is 18.4 Å². The fourth-order valence-corrected chi connectivity index (χ4v) is 1.89. The van der Waals surface area contributed by atoms with Crippen molar-refractivity contribution in [1.29, 1.82) is 0 Å². The van der Waals surface area contributed by atoms with E-state index in [0.29, 0.717) is 12.1 Å². The minimum Gasteiger partial charge on any atom is -0.461 e. The zero-order chi connectivity index (χ0) is 14.5. The van der Waals surface area contributed by atoms with Crippen LogP contribution in [0.1, 0.15) is 23.0 Å². The normalized spacial score (nSPS) is 10.3. The zero-order valence-electron chi connectivity index (χ0n) is 10.7. The van der Waals surface area contributed by atoms with E-state index in [9.17, 15) is 9.18 Å². The molecule has 0 saturated heterocycles. The molecule has 0 fully saturated rings. The van der Waals surface area contributed by atoms with Gasteiger partial charge in [-0.3, -0.25) is 0 Å². The number of hydrogen-bond acceptors (Lipinski definition) is 5. The molecule has 1 aromatic heterocycles. The zero-order valence-corrected chi connectivity index (χ0v) is 12.2. The Labute approximate surface area is 123 Å². The van der Waals surface area contributed by atoms with Crippen LogP contribution in [0.3, 0.4) is 0 Å². The highest BCUT2D eigenvalue weighted by atomic mass is 79.9. The lowest BCUT2D eigenvalue weighted by Gasteiger charge is -2.04. The van der Waals surface area contributed by atoms with Crippen molar-refractivity contribution < 1.29 is 18.3 Å². The molecule has 1 heterocycles. The molecule has 0 aliphatic rings. The van der Waals surface area contributed by atoms with Gasteiger partial charge in [-0.2, -0.15) is 4.98 Å². The molecule has 0 amide bonds. The third-order valence-corrected chi connectivity index (χ3v) is 3.20. The van der Waals surface area contributed by atoms with Crippen LogP contribution >= 0.6 is 15.9 Å². The van der Waals surface area contributed by atoms with Crippen LogP contribution < -0.4 is 5.32 Å². The second kappa shape index (κ2) is 6.51. The maximum absolute atomic E-state index is 13.1. The van der Waals surface area contributed by atoms with Crippen molar-refractivity contribution in [2.45, 2.75) is 13.5 Å². The first-order valence-electron chi connectivity index (χ1n) is 5.90. The number of hydrogen-bond donors (Lipinski definition) is 1. The molecule has 0 unspecified atom stereocenters. The van der Waals surface area contributed by atoms with Crippen LogP contribution in [-0.2, 0) is 11.3 Å². The lowest BCUT2D eigenvalue weighted by molar-refractivity contribution is 0.0519. The molecule has 0 saturated carbocycles. The summed E-state index contributed by atoms with van der Waals surface area (Å²) in [4.78, 5) is 15.3. The number of oxazole rings is 1. The van der Waals surface area contributed by atoms with E-state index in [1.807, 2.05) is 0 Å². The van der Waals surface area contributed by atoms with Gasteiger partial charge in [-0.1, -0.05) is 15.9 Å². The molecule has 106 valence electrons. The molecule has 0 bridgehead atoms. The SMILES string of the molecule is CCOC(=O)c1coc(NCc2cc(F)ccc2Br)n1. The van der Waals surface area contributed by atoms with E-state index in [2.05, 4.69) is 26.2 Å². The van der Waals surface area contributed by atoms with E-state index in [4.69, 9.17) is 9.15 Å². The van der Waals surface area contributed by atoms with Gasteiger partial charge in [0, 0.05) is 11.0 Å². The molecule has 1 N–H and O–H groups in total. The van der Waals surface area contributed by atoms with Gasteiger partial charge in [0.1, 0.15) is 12.1 Å². The van der Waals surface area contributed by atoms with E-state index in [0.717, 1.165) is 4.47 Å². The Morgan fingerprint density at radius 1 is 1.55 bits per heavy atom. The van der Waals surface area contributed by atoms with Crippen LogP contribution in [-0.4, -0.2) is 17.6 Å². The molecule has 0 aliphatic heterocycles. The van der Waals surface area contributed by atoms with Gasteiger partial charge in [0.15, 0.2) is 5.69 Å². The summed E-state index contributed by atoms with van der Waals surface area (Å²) in [6.07, 6.45) is 1.21. The third kappa shape index (κ3) is 3.57. The van der Waals surface area contributed by atoms with Gasteiger partial charge in [0.2, 0.25) is 0 Å². The summed E-state index contributed by atoms with van der Waals surface area (Å²) in [5, 5.41) is 2.86. The Balaban J connectivity index is 2.01. The minimum atomic E-state index is -0.545. The lowest BCUT2D eigenvalue weighted by atomic mass is 10.2. The third-order valence-electron chi connectivity index (χ3n) is 2.43. The van der Waals surface area contributed by atoms with Gasteiger partial charge in [0.25, 0.3) is 6.01 Å². The number of benzene rings is 1. The molecule has 0 atom stereocenters. The number of anilines is 1. The standard InChI is InChI=1S/C13H12BrFN2O3/c1-2-19-12(18)11-7-20-13(17-11)16-6-8-5-9(15)3-4-10(8)14/h3-5,7H,2,6H2,1H3,(H,16,17). The Morgan fingerprint density at radius 2 is 2.35 bits per heavy atom.